The van der Waals surface area contributed by atoms with Gasteiger partial charge in [-0.3, -0.25) is 14.4 Å². The zero-order chi connectivity index (χ0) is 25.2. The van der Waals surface area contributed by atoms with Gasteiger partial charge in [0.05, 0.1) is 38.7 Å². The van der Waals surface area contributed by atoms with E-state index in [1.165, 1.54) is 14.2 Å². The number of methoxy groups -OCH3 is 2. The van der Waals surface area contributed by atoms with Crippen molar-refractivity contribution >= 4 is 23.7 Å². The van der Waals surface area contributed by atoms with E-state index in [9.17, 15) is 19.2 Å². The van der Waals surface area contributed by atoms with Gasteiger partial charge in [0.25, 0.3) is 11.8 Å². The Balaban J connectivity index is 1.66. The van der Waals surface area contributed by atoms with Crippen molar-refractivity contribution in [3.8, 4) is 11.5 Å². The van der Waals surface area contributed by atoms with Crippen molar-refractivity contribution in [2.24, 2.45) is 0 Å². The monoisotopic (exact) mass is 485 g/mol. The van der Waals surface area contributed by atoms with Crippen LogP contribution in [0, 0.1) is 0 Å². The van der Waals surface area contributed by atoms with Gasteiger partial charge in [0.15, 0.2) is 5.69 Å². The van der Waals surface area contributed by atoms with E-state index < -0.39 is 17.9 Å². The highest BCUT2D eigenvalue weighted by atomic mass is 16.5. The van der Waals surface area contributed by atoms with Crippen LogP contribution in [0.5, 0.6) is 11.5 Å². The van der Waals surface area contributed by atoms with Gasteiger partial charge in [-0.1, -0.05) is 0 Å². The number of benzene rings is 1. The van der Waals surface area contributed by atoms with E-state index in [2.05, 4.69) is 30.7 Å². The first-order valence-electron chi connectivity index (χ1n) is 11.0. The molecule has 0 saturated carbocycles. The van der Waals surface area contributed by atoms with Crippen molar-refractivity contribution in [1.82, 2.24) is 25.9 Å². The third-order valence-electron chi connectivity index (χ3n) is 5.20. The number of hydrogen-bond acceptors (Lipinski definition) is 9. The molecule has 0 saturated heterocycles. The van der Waals surface area contributed by atoms with Crippen LogP contribution in [0.15, 0.2) is 30.6 Å². The molecule has 0 aliphatic carbocycles. The number of ether oxygens (including phenoxy) is 3. The fraction of sp³-hybridized carbons (Fsp3) is 0.391. The summed E-state index contributed by atoms with van der Waals surface area (Å²) in [5.74, 6) is -1.07. The molecule has 2 aromatic rings. The number of nitrogens with one attached hydrogen (secondary N) is 3. The standard InChI is InChI=1S/C23H27N5O7/c1-33-14-6-7-15-19(11-14)35-10-9-25-21(30)16(5-3-4-8-24-20(15)29)28-22(31)17-12-27-18(13-26-17)23(32)34-2/h6-7,11-13,16H,3-5,8-10H2,1-2H3,(H,24,29)(H,25,30)(H,28,31)/t16-/m0/s1. The van der Waals surface area contributed by atoms with Crippen molar-refractivity contribution in [3.05, 3.63) is 47.5 Å². The first kappa shape index (κ1) is 25.4. The zero-order valence-electron chi connectivity index (χ0n) is 19.5. The SMILES string of the molecule is COC(=O)c1cnc(C(=O)N[C@H]2CCCCNC(=O)c3ccc(OC)cc3OCCNC2=O)cn1. The van der Waals surface area contributed by atoms with Gasteiger partial charge < -0.3 is 30.2 Å². The van der Waals surface area contributed by atoms with Gasteiger partial charge in [-0.15, -0.1) is 0 Å². The first-order chi connectivity index (χ1) is 16.9. The number of amides is 3. The van der Waals surface area contributed by atoms with Crippen LogP contribution in [0.4, 0.5) is 0 Å². The smallest absolute Gasteiger partial charge is 0.358 e. The van der Waals surface area contributed by atoms with Crippen molar-refractivity contribution in [1.29, 1.82) is 0 Å². The van der Waals surface area contributed by atoms with Gasteiger partial charge in [-0.05, 0) is 31.4 Å². The molecule has 1 aliphatic heterocycles. The van der Waals surface area contributed by atoms with E-state index in [0.29, 0.717) is 42.9 Å². The highest BCUT2D eigenvalue weighted by Gasteiger charge is 2.23. The van der Waals surface area contributed by atoms with Crippen LogP contribution in [0.25, 0.3) is 0 Å². The van der Waals surface area contributed by atoms with Crippen LogP contribution in [-0.2, 0) is 9.53 Å². The third kappa shape index (κ3) is 6.88. The van der Waals surface area contributed by atoms with Gasteiger partial charge >= 0.3 is 5.97 Å². The molecule has 1 aliphatic rings. The molecule has 0 unspecified atom stereocenters. The molecule has 0 radical (unpaired) electrons. The van der Waals surface area contributed by atoms with Crippen LogP contribution in [0.1, 0.15) is 50.6 Å². The molecule has 2 heterocycles. The van der Waals surface area contributed by atoms with Crippen molar-refractivity contribution in [2.75, 3.05) is 33.9 Å². The quantitative estimate of drug-likeness (QED) is 0.524. The Labute approximate surface area is 201 Å². The largest absolute Gasteiger partial charge is 0.497 e. The minimum atomic E-state index is -0.837. The summed E-state index contributed by atoms with van der Waals surface area (Å²) in [7, 11) is 2.72. The number of esters is 1. The summed E-state index contributed by atoms with van der Waals surface area (Å²) in [5, 5.41) is 8.23. The predicted molar refractivity (Wildman–Crippen MR) is 122 cm³/mol. The summed E-state index contributed by atoms with van der Waals surface area (Å²) in [6.45, 7) is 0.629. The second-order valence-corrected chi connectivity index (χ2v) is 7.56. The van der Waals surface area contributed by atoms with Crippen molar-refractivity contribution in [2.45, 2.75) is 25.3 Å². The molecule has 3 rings (SSSR count). The molecule has 1 atom stereocenters. The van der Waals surface area contributed by atoms with Crippen LogP contribution in [0.3, 0.4) is 0 Å². The molecule has 35 heavy (non-hydrogen) atoms. The van der Waals surface area contributed by atoms with Crippen LogP contribution in [0.2, 0.25) is 0 Å². The normalized spacial score (nSPS) is 16.9. The lowest BCUT2D eigenvalue weighted by Crippen LogP contribution is -2.47. The van der Waals surface area contributed by atoms with Crippen molar-refractivity contribution in [3.63, 3.8) is 0 Å². The fourth-order valence-electron chi connectivity index (χ4n) is 3.32. The second-order valence-electron chi connectivity index (χ2n) is 7.56. The Kier molecular flexibility index (Phi) is 8.93. The molecule has 12 nitrogen and oxygen atoms in total. The lowest BCUT2D eigenvalue weighted by atomic mass is 10.1. The minimum absolute atomic E-state index is 0.0407. The number of carbonyl (C=O) groups excluding carboxylic acids is 4. The summed E-state index contributed by atoms with van der Waals surface area (Å²) in [4.78, 5) is 57.2. The Morgan fingerprint density at radius 3 is 2.54 bits per heavy atom. The highest BCUT2D eigenvalue weighted by molar-refractivity contribution is 5.97. The van der Waals surface area contributed by atoms with Gasteiger partial charge in [0.1, 0.15) is 29.8 Å². The molecular formula is C23H27N5O7. The molecule has 3 amide bonds. The molecule has 186 valence electrons. The van der Waals surface area contributed by atoms with Gasteiger partial charge in [-0.2, -0.15) is 0 Å². The molecule has 3 N–H and O–H groups in total. The summed E-state index contributed by atoms with van der Waals surface area (Å²) < 4.78 is 15.5. The lowest BCUT2D eigenvalue weighted by Gasteiger charge is -2.19. The molecular weight excluding hydrogens is 458 g/mol. The number of nitrogens with zero attached hydrogens (tertiary/aromatic N) is 2. The van der Waals surface area contributed by atoms with Gasteiger partial charge in [0.2, 0.25) is 5.91 Å². The van der Waals surface area contributed by atoms with E-state index in [4.69, 9.17) is 9.47 Å². The number of rotatable bonds is 4. The van der Waals surface area contributed by atoms with Crippen LogP contribution < -0.4 is 25.4 Å². The van der Waals surface area contributed by atoms with E-state index >= 15 is 0 Å². The van der Waals surface area contributed by atoms with Crippen molar-refractivity contribution < 1.29 is 33.4 Å². The average Bonchev–Trinajstić information content (AvgIpc) is 2.88. The average molecular weight is 485 g/mol. The van der Waals surface area contributed by atoms with Crippen LogP contribution >= 0.6 is 0 Å². The molecule has 0 fully saturated rings. The topological polar surface area (TPSA) is 158 Å². The highest BCUT2D eigenvalue weighted by Crippen LogP contribution is 2.25. The maximum absolute atomic E-state index is 12.8. The van der Waals surface area contributed by atoms with Gasteiger partial charge in [-0.25, -0.2) is 14.8 Å². The predicted octanol–water partition coefficient (Wildman–Crippen LogP) is 0.479. The lowest BCUT2D eigenvalue weighted by molar-refractivity contribution is -0.123. The summed E-state index contributed by atoms with van der Waals surface area (Å²) in [6.07, 6.45) is 3.76. The Morgan fingerprint density at radius 1 is 1.06 bits per heavy atom. The van der Waals surface area contributed by atoms with E-state index in [1.54, 1.807) is 18.2 Å². The maximum Gasteiger partial charge on any atom is 0.358 e. The summed E-state index contributed by atoms with van der Waals surface area (Å²) in [5.41, 5.74) is 0.283. The van der Waals surface area contributed by atoms with E-state index in [1.807, 2.05) is 0 Å². The second kappa shape index (κ2) is 12.3. The van der Waals surface area contributed by atoms with Crippen LogP contribution in [-0.4, -0.2) is 73.6 Å². The summed E-state index contributed by atoms with van der Waals surface area (Å²) in [6, 6.07) is 4.07. The Morgan fingerprint density at radius 2 is 1.83 bits per heavy atom. The number of fused-ring (bicyclic) bond motifs is 1. The maximum atomic E-state index is 12.8. The van der Waals surface area contributed by atoms with E-state index in [0.717, 1.165) is 12.4 Å². The number of carbonyl (C=O) groups is 4. The third-order valence-corrected chi connectivity index (χ3v) is 5.20. The van der Waals surface area contributed by atoms with E-state index in [-0.39, 0.29) is 36.4 Å². The molecule has 0 spiro atoms. The first-order valence-corrected chi connectivity index (χ1v) is 11.0. The van der Waals surface area contributed by atoms with Gasteiger partial charge in [0, 0.05) is 12.6 Å². The molecule has 1 aromatic carbocycles. The molecule has 12 heteroatoms. The Hall–Kier alpha value is -4.22. The number of aromatic nitrogens is 2. The molecule has 0 bridgehead atoms. The Bertz CT molecular complexity index is 1070. The summed E-state index contributed by atoms with van der Waals surface area (Å²) >= 11 is 0. The minimum Gasteiger partial charge on any atom is -0.497 e. The molecule has 1 aromatic heterocycles. The zero-order valence-corrected chi connectivity index (χ0v) is 19.5. The number of hydrogen-bond donors (Lipinski definition) is 3. The fourth-order valence-corrected chi connectivity index (χ4v) is 3.32.